The lowest BCUT2D eigenvalue weighted by Gasteiger charge is -2.12. The molecule has 31 heavy (non-hydrogen) atoms. The van der Waals surface area contributed by atoms with E-state index < -0.39 is 12.1 Å². The van der Waals surface area contributed by atoms with Crippen molar-refractivity contribution in [2.75, 3.05) is 13.1 Å². The van der Waals surface area contributed by atoms with Gasteiger partial charge in [-0.15, -0.1) is 12.4 Å². The lowest BCUT2D eigenvalue weighted by Crippen LogP contribution is -2.22. The van der Waals surface area contributed by atoms with Crippen LogP contribution < -0.4 is 5.32 Å². The van der Waals surface area contributed by atoms with Crippen molar-refractivity contribution in [2.45, 2.75) is 25.9 Å². The zero-order valence-electron chi connectivity index (χ0n) is 17.3. The van der Waals surface area contributed by atoms with Crippen molar-refractivity contribution < 1.29 is 15.0 Å². The lowest BCUT2D eigenvalue weighted by atomic mass is 9.98. The summed E-state index contributed by atoms with van der Waals surface area (Å²) in [5.74, 6) is -0.900. The first-order valence-electron chi connectivity index (χ1n) is 10.0. The van der Waals surface area contributed by atoms with Gasteiger partial charge in [0.05, 0.1) is 11.7 Å². The van der Waals surface area contributed by atoms with Crippen molar-refractivity contribution in [3.63, 3.8) is 0 Å². The second-order valence-electron chi connectivity index (χ2n) is 7.41. The van der Waals surface area contributed by atoms with Crippen LogP contribution in [-0.4, -0.2) is 29.3 Å². The fourth-order valence-corrected chi connectivity index (χ4v) is 3.63. The molecule has 3 N–H and O–H groups in total. The van der Waals surface area contributed by atoms with E-state index in [1.165, 1.54) is 5.56 Å². The van der Waals surface area contributed by atoms with Crippen LogP contribution in [0.4, 0.5) is 0 Å². The summed E-state index contributed by atoms with van der Waals surface area (Å²) in [6.45, 7) is 3.12. The molecule has 1 atom stereocenters. The Kier molecular flexibility index (Phi) is 9.53. The van der Waals surface area contributed by atoms with Gasteiger partial charge in [0.2, 0.25) is 0 Å². The number of hydrogen-bond acceptors (Lipinski definition) is 3. The number of hydrogen-bond donors (Lipinski definition) is 3. The van der Waals surface area contributed by atoms with Crippen LogP contribution in [0.1, 0.15) is 39.6 Å². The molecule has 0 fully saturated rings. The number of aliphatic hydroxyl groups is 1. The molecule has 0 aliphatic heterocycles. The topological polar surface area (TPSA) is 69.6 Å². The zero-order chi connectivity index (χ0) is 21.5. The van der Waals surface area contributed by atoms with Crippen LogP contribution in [0.5, 0.6) is 0 Å². The van der Waals surface area contributed by atoms with Gasteiger partial charge in [0.15, 0.2) is 0 Å². The Bertz CT molecular complexity index is 1010. The first-order chi connectivity index (χ1) is 14.4. The van der Waals surface area contributed by atoms with Gasteiger partial charge in [-0.2, -0.15) is 0 Å². The van der Waals surface area contributed by atoms with E-state index in [0.29, 0.717) is 17.1 Å². The highest BCUT2D eigenvalue weighted by molar-refractivity contribution is 6.30. The molecular formula is C25H27Cl2NO3. The number of rotatable bonds is 9. The van der Waals surface area contributed by atoms with Crippen molar-refractivity contribution in [3.05, 3.63) is 94.0 Å². The molecule has 0 spiro atoms. The predicted octanol–water partition coefficient (Wildman–Crippen LogP) is 5.69. The molecule has 0 bridgehead atoms. The summed E-state index contributed by atoms with van der Waals surface area (Å²) in [5, 5.41) is 23.3. The SMILES string of the molecule is Cc1cc(-c2ccc(CCCNC[C@H](O)c3cccc(Cl)c3)cc2)ccc1C(=O)O.Cl. The maximum atomic E-state index is 11.2. The number of carbonyl (C=O) groups is 1. The molecule has 0 saturated heterocycles. The van der Waals surface area contributed by atoms with E-state index >= 15 is 0 Å². The van der Waals surface area contributed by atoms with Gasteiger partial charge in [0.25, 0.3) is 0 Å². The quantitative estimate of drug-likeness (QED) is 0.359. The van der Waals surface area contributed by atoms with Crippen molar-refractivity contribution in [1.29, 1.82) is 0 Å². The number of nitrogens with one attached hydrogen (secondary N) is 1. The molecule has 0 saturated carbocycles. The van der Waals surface area contributed by atoms with E-state index in [-0.39, 0.29) is 12.4 Å². The van der Waals surface area contributed by atoms with E-state index in [9.17, 15) is 9.90 Å². The molecule has 0 heterocycles. The Morgan fingerprint density at radius 3 is 2.39 bits per heavy atom. The van der Waals surface area contributed by atoms with E-state index in [1.54, 1.807) is 18.2 Å². The highest BCUT2D eigenvalue weighted by Crippen LogP contribution is 2.23. The van der Waals surface area contributed by atoms with Gasteiger partial charge in [-0.1, -0.05) is 60.1 Å². The van der Waals surface area contributed by atoms with Gasteiger partial charge in [-0.05, 0) is 72.3 Å². The number of aryl methyl sites for hydroxylation is 2. The normalized spacial score (nSPS) is 11.6. The van der Waals surface area contributed by atoms with Gasteiger partial charge in [0, 0.05) is 11.6 Å². The van der Waals surface area contributed by atoms with Gasteiger partial charge in [0.1, 0.15) is 0 Å². The molecule has 0 amide bonds. The van der Waals surface area contributed by atoms with Crippen LogP contribution in [0.15, 0.2) is 66.7 Å². The molecule has 0 aromatic heterocycles. The molecule has 0 unspecified atom stereocenters. The number of aromatic carboxylic acids is 1. The monoisotopic (exact) mass is 459 g/mol. The smallest absolute Gasteiger partial charge is 0.335 e. The predicted molar refractivity (Wildman–Crippen MR) is 128 cm³/mol. The van der Waals surface area contributed by atoms with Gasteiger partial charge in [-0.3, -0.25) is 0 Å². The maximum absolute atomic E-state index is 11.2. The average molecular weight is 460 g/mol. The minimum absolute atomic E-state index is 0. The molecule has 3 aromatic carbocycles. The molecule has 3 rings (SSSR count). The highest BCUT2D eigenvalue weighted by Gasteiger charge is 2.09. The largest absolute Gasteiger partial charge is 0.478 e. The Morgan fingerprint density at radius 2 is 1.74 bits per heavy atom. The highest BCUT2D eigenvalue weighted by atomic mass is 35.5. The maximum Gasteiger partial charge on any atom is 0.335 e. The van der Waals surface area contributed by atoms with Crippen molar-refractivity contribution >= 4 is 30.0 Å². The second kappa shape index (κ2) is 11.9. The van der Waals surface area contributed by atoms with Gasteiger partial charge < -0.3 is 15.5 Å². The average Bonchev–Trinajstić information content (AvgIpc) is 2.73. The molecule has 6 heteroatoms. The number of benzene rings is 3. The molecule has 164 valence electrons. The van der Waals surface area contributed by atoms with Crippen molar-refractivity contribution in [1.82, 2.24) is 5.32 Å². The standard InChI is InChI=1S/C25H26ClNO3.ClH/c1-17-14-20(11-12-23(17)25(29)30)19-9-7-18(8-10-19)4-3-13-27-16-24(28)21-5-2-6-22(26)15-21;/h2,5-12,14-15,24,27-28H,3-4,13,16H2,1H3,(H,29,30);1H/t24-;/m0./s1. The van der Waals surface area contributed by atoms with Crippen LogP contribution in [-0.2, 0) is 6.42 Å². The first kappa shape index (κ1) is 24.9. The molecule has 3 aromatic rings. The Labute approximate surface area is 194 Å². The van der Waals surface area contributed by atoms with Crippen molar-refractivity contribution in [2.24, 2.45) is 0 Å². The van der Waals surface area contributed by atoms with E-state index in [4.69, 9.17) is 16.7 Å². The third-order valence-electron chi connectivity index (χ3n) is 5.13. The van der Waals surface area contributed by atoms with Crippen molar-refractivity contribution in [3.8, 4) is 11.1 Å². The van der Waals surface area contributed by atoms with Crippen LogP contribution in [0, 0.1) is 6.92 Å². The molecule has 0 radical (unpaired) electrons. The molecular weight excluding hydrogens is 433 g/mol. The Hall–Kier alpha value is -2.37. The Morgan fingerprint density at radius 1 is 1.03 bits per heavy atom. The number of carboxylic acids is 1. The number of halogens is 2. The summed E-state index contributed by atoms with van der Waals surface area (Å²) in [5.41, 5.74) is 5.24. The summed E-state index contributed by atoms with van der Waals surface area (Å²) < 4.78 is 0. The summed E-state index contributed by atoms with van der Waals surface area (Å²) in [7, 11) is 0. The molecule has 4 nitrogen and oxygen atoms in total. The fourth-order valence-electron chi connectivity index (χ4n) is 3.44. The second-order valence-corrected chi connectivity index (χ2v) is 7.85. The lowest BCUT2D eigenvalue weighted by molar-refractivity contribution is 0.0696. The van der Waals surface area contributed by atoms with Gasteiger partial charge >= 0.3 is 5.97 Å². The van der Waals surface area contributed by atoms with Crippen LogP contribution in [0.3, 0.4) is 0 Å². The van der Waals surface area contributed by atoms with E-state index in [2.05, 4.69) is 29.6 Å². The number of aliphatic hydroxyl groups excluding tert-OH is 1. The fraction of sp³-hybridized carbons (Fsp3) is 0.240. The summed E-state index contributed by atoms with van der Waals surface area (Å²) >= 11 is 5.96. The third kappa shape index (κ3) is 7.08. The van der Waals surface area contributed by atoms with Gasteiger partial charge in [-0.25, -0.2) is 4.79 Å². The Balaban J connectivity index is 0.00000341. The minimum Gasteiger partial charge on any atom is -0.478 e. The van der Waals surface area contributed by atoms with Crippen LogP contribution in [0.25, 0.3) is 11.1 Å². The summed E-state index contributed by atoms with van der Waals surface area (Å²) in [6, 6.07) is 21.1. The minimum atomic E-state index is -0.900. The zero-order valence-corrected chi connectivity index (χ0v) is 18.9. The van der Waals surface area contributed by atoms with Crippen LogP contribution >= 0.6 is 24.0 Å². The third-order valence-corrected chi connectivity index (χ3v) is 5.37. The summed E-state index contributed by atoms with van der Waals surface area (Å²) in [6.07, 6.45) is 1.34. The first-order valence-corrected chi connectivity index (χ1v) is 10.4. The molecule has 0 aliphatic carbocycles. The van der Waals surface area contributed by atoms with E-state index in [1.807, 2.05) is 31.2 Å². The molecule has 0 aliphatic rings. The van der Waals surface area contributed by atoms with E-state index in [0.717, 1.165) is 41.6 Å². The number of carboxylic acid groups (broad SMARTS) is 1. The summed E-state index contributed by atoms with van der Waals surface area (Å²) in [4.78, 5) is 11.2. The van der Waals surface area contributed by atoms with Crippen LogP contribution in [0.2, 0.25) is 5.02 Å².